The number of ether oxygens (including phenoxy) is 1. The number of benzene rings is 1. The fraction of sp³-hybridized carbons (Fsp3) is 0.731. The van der Waals surface area contributed by atoms with E-state index in [1.165, 1.54) is 16.7 Å². The Balaban J connectivity index is 1.63. The zero-order chi connectivity index (χ0) is 25.2. The normalized spacial score (nSPS) is 33.8. The molecule has 1 amide bonds. The molecule has 1 aromatic carbocycles. The maximum absolute atomic E-state index is 13.4. The molecule has 6 atom stereocenters. The Morgan fingerprint density at radius 2 is 1.83 bits per heavy atom. The number of rotatable bonds is 4. The van der Waals surface area contributed by atoms with E-state index < -0.39 is 21.6 Å². The van der Waals surface area contributed by atoms with Gasteiger partial charge in [0.2, 0.25) is 15.9 Å². The molecule has 3 fully saturated rings. The largest absolute Gasteiger partial charge is 0.361 e. The third-order valence-electron chi connectivity index (χ3n) is 7.72. The minimum absolute atomic E-state index is 0.0380. The van der Waals surface area contributed by atoms with Crippen molar-refractivity contribution >= 4 is 15.9 Å². The molecule has 2 aliphatic heterocycles. The summed E-state index contributed by atoms with van der Waals surface area (Å²) >= 11 is 0. The van der Waals surface area contributed by atoms with Gasteiger partial charge in [-0.1, -0.05) is 38.5 Å². The number of carbonyl (C=O) groups excluding carboxylic acids is 1. The molecule has 35 heavy (non-hydrogen) atoms. The number of fused-ring (bicyclic) bond motifs is 4. The summed E-state index contributed by atoms with van der Waals surface area (Å²) in [6, 6.07) is 6.06. The number of sulfonamides is 1. The molecule has 2 saturated heterocycles. The quantitative estimate of drug-likeness (QED) is 0.500. The van der Waals surface area contributed by atoms with Crippen LogP contribution in [-0.4, -0.2) is 44.7 Å². The van der Waals surface area contributed by atoms with E-state index in [0.717, 1.165) is 25.7 Å². The van der Waals surface area contributed by atoms with Crippen LogP contribution in [-0.2, 0) is 19.6 Å². The van der Waals surface area contributed by atoms with E-state index in [9.17, 15) is 13.2 Å². The fourth-order valence-electron chi connectivity index (χ4n) is 5.76. The molecule has 3 aliphatic rings. The highest BCUT2D eigenvalue weighted by molar-refractivity contribution is 7.90. The van der Waals surface area contributed by atoms with E-state index in [1.807, 2.05) is 6.07 Å². The van der Waals surface area contributed by atoms with Gasteiger partial charge in [0.15, 0.2) is 0 Å². The van der Waals surface area contributed by atoms with Crippen LogP contribution in [0.15, 0.2) is 18.2 Å². The van der Waals surface area contributed by atoms with Crippen molar-refractivity contribution in [3.63, 3.8) is 0 Å². The second kappa shape index (κ2) is 11.3. The number of carbonyl (C=O) groups is 1. The van der Waals surface area contributed by atoms with Crippen molar-refractivity contribution in [2.45, 2.75) is 102 Å². The molecular weight excluding hydrogens is 464 g/mol. The molecule has 1 aliphatic carbocycles. The van der Waals surface area contributed by atoms with E-state index in [1.54, 1.807) is 0 Å². The molecular formula is C26H42N4O4S. The number of hydrogen-bond acceptors (Lipinski definition) is 6. The van der Waals surface area contributed by atoms with Crippen LogP contribution < -0.4 is 20.7 Å². The van der Waals surface area contributed by atoms with Gasteiger partial charge < -0.3 is 10.1 Å². The van der Waals surface area contributed by atoms with Gasteiger partial charge >= 0.3 is 0 Å². The monoisotopic (exact) mass is 506 g/mol. The smallest absolute Gasteiger partial charge is 0.223 e. The minimum Gasteiger partial charge on any atom is -0.361 e. The number of hydrogen-bond donors (Lipinski definition) is 4. The molecule has 196 valence electrons. The zero-order valence-corrected chi connectivity index (χ0v) is 22.3. The van der Waals surface area contributed by atoms with Crippen molar-refractivity contribution in [1.82, 2.24) is 20.7 Å². The molecule has 0 spiro atoms. The SMILES string of the molecule is Cc1cccc(C)c1C1CC2NC(N1)NS(=O)(=O)C1CCCC(C1)C(=O)N[C@H](CCC(C)C)CO2. The van der Waals surface area contributed by atoms with Gasteiger partial charge in [0.05, 0.1) is 17.9 Å². The first-order chi connectivity index (χ1) is 16.6. The molecule has 1 aromatic rings. The summed E-state index contributed by atoms with van der Waals surface area (Å²) in [5.74, 6) is 0.207. The Kier molecular flexibility index (Phi) is 8.53. The van der Waals surface area contributed by atoms with Crippen LogP contribution in [0.25, 0.3) is 0 Å². The standard InChI is InChI=1S/C26H42N4O4S/c1-16(2)11-12-20-15-34-23-14-22(24-17(3)7-5-8-18(24)4)28-26(29-23)30-35(32,33)21-10-6-9-19(13-21)25(31)27-20/h5,7-8,16,19-23,26,28-30H,6,9-15H2,1-4H3,(H,27,31)/t19?,20-,21?,22?,23?,26?/m1/s1. The van der Waals surface area contributed by atoms with E-state index in [-0.39, 0.29) is 30.1 Å². The Morgan fingerprint density at radius 3 is 2.54 bits per heavy atom. The van der Waals surface area contributed by atoms with E-state index in [4.69, 9.17) is 4.74 Å². The molecule has 4 rings (SSSR count). The van der Waals surface area contributed by atoms with Gasteiger partial charge in [0.25, 0.3) is 0 Å². The second-order valence-electron chi connectivity index (χ2n) is 11.0. The molecule has 5 unspecified atom stereocenters. The van der Waals surface area contributed by atoms with Crippen LogP contribution in [0.4, 0.5) is 0 Å². The van der Waals surface area contributed by atoms with Crippen LogP contribution in [0, 0.1) is 25.7 Å². The van der Waals surface area contributed by atoms with Crippen molar-refractivity contribution in [2.24, 2.45) is 11.8 Å². The highest BCUT2D eigenvalue weighted by Crippen LogP contribution is 2.31. The van der Waals surface area contributed by atoms with Crippen LogP contribution >= 0.6 is 0 Å². The predicted molar refractivity (Wildman–Crippen MR) is 137 cm³/mol. The summed E-state index contributed by atoms with van der Waals surface area (Å²) in [7, 11) is -3.64. The molecule has 0 radical (unpaired) electrons. The Bertz CT molecular complexity index is 979. The summed E-state index contributed by atoms with van der Waals surface area (Å²) in [5, 5.41) is 9.42. The summed E-state index contributed by atoms with van der Waals surface area (Å²) in [6.07, 6.45) is 3.87. The van der Waals surface area contributed by atoms with Crippen LogP contribution in [0.1, 0.15) is 81.5 Å². The Hall–Kier alpha value is -1.52. The summed E-state index contributed by atoms with van der Waals surface area (Å²) < 4.78 is 35.9. The van der Waals surface area contributed by atoms with E-state index in [0.29, 0.717) is 31.8 Å². The molecule has 9 heteroatoms. The molecule has 0 aromatic heterocycles. The average Bonchev–Trinajstić information content (AvgIpc) is 2.80. The molecule has 1 saturated carbocycles. The lowest BCUT2D eigenvalue weighted by atomic mass is 9.88. The van der Waals surface area contributed by atoms with Crippen molar-refractivity contribution < 1.29 is 17.9 Å². The lowest BCUT2D eigenvalue weighted by Gasteiger charge is -2.39. The maximum atomic E-state index is 13.4. The molecule has 4 bridgehead atoms. The van der Waals surface area contributed by atoms with Crippen LogP contribution in [0.2, 0.25) is 0 Å². The Labute approximate surface area is 210 Å². The predicted octanol–water partition coefficient (Wildman–Crippen LogP) is 2.97. The topological polar surface area (TPSA) is 109 Å². The summed E-state index contributed by atoms with van der Waals surface area (Å²) in [6.45, 7) is 8.93. The number of amides is 1. The van der Waals surface area contributed by atoms with Crippen molar-refractivity contribution in [2.75, 3.05) is 6.61 Å². The summed E-state index contributed by atoms with van der Waals surface area (Å²) in [5.41, 5.74) is 3.51. The third-order valence-corrected chi connectivity index (χ3v) is 9.59. The highest BCUT2D eigenvalue weighted by Gasteiger charge is 2.39. The third kappa shape index (κ3) is 6.63. The summed E-state index contributed by atoms with van der Waals surface area (Å²) in [4.78, 5) is 13.1. The van der Waals surface area contributed by atoms with Gasteiger partial charge in [0.1, 0.15) is 12.5 Å². The van der Waals surface area contributed by atoms with E-state index in [2.05, 4.69) is 60.5 Å². The first kappa shape index (κ1) is 26.5. The van der Waals surface area contributed by atoms with Gasteiger partial charge in [-0.15, -0.1) is 0 Å². The van der Waals surface area contributed by atoms with Crippen LogP contribution in [0.3, 0.4) is 0 Å². The Morgan fingerprint density at radius 1 is 1.09 bits per heavy atom. The van der Waals surface area contributed by atoms with Crippen molar-refractivity contribution in [1.29, 1.82) is 0 Å². The molecule has 4 N–H and O–H groups in total. The lowest BCUT2D eigenvalue weighted by molar-refractivity contribution is -0.127. The second-order valence-corrected chi connectivity index (χ2v) is 13.0. The molecule has 8 nitrogen and oxygen atoms in total. The first-order valence-electron chi connectivity index (χ1n) is 13.1. The highest BCUT2D eigenvalue weighted by atomic mass is 32.2. The van der Waals surface area contributed by atoms with Gasteiger partial charge in [-0.05, 0) is 68.6 Å². The zero-order valence-electron chi connectivity index (χ0n) is 21.5. The molecule has 2 heterocycles. The lowest BCUT2D eigenvalue weighted by Crippen LogP contribution is -2.64. The van der Waals surface area contributed by atoms with Gasteiger partial charge in [-0.25, -0.2) is 8.42 Å². The van der Waals surface area contributed by atoms with Crippen molar-refractivity contribution in [3.8, 4) is 0 Å². The first-order valence-corrected chi connectivity index (χ1v) is 14.7. The maximum Gasteiger partial charge on any atom is 0.223 e. The fourth-order valence-corrected chi connectivity index (χ4v) is 7.38. The van der Waals surface area contributed by atoms with E-state index >= 15 is 0 Å². The van der Waals surface area contributed by atoms with Crippen LogP contribution in [0.5, 0.6) is 0 Å². The average molecular weight is 507 g/mol. The minimum atomic E-state index is -3.64. The number of nitrogens with one attached hydrogen (secondary N) is 4. The van der Waals surface area contributed by atoms with Gasteiger partial charge in [0, 0.05) is 18.4 Å². The van der Waals surface area contributed by atoms with Gasteiger partial charge in [-0.3, -0.25) is 15.4 Å². The number of aryl methyl sites for hydroxylation is 2. The van der Waals surface area contributed by atoms with Gasteiger partial charge in [-0.2, -0.15) is 4.72 Å². The van der Waals surface area contributed by atoms with Crippen molar-refractivity contribution in [3.05, 3.63) is 34.9 Å².